The number of fused-ring (bicyclic) bond motifs is 1. The number of rotatable bonds is 5. The largest absolute Gasteiger partial charge is 0.480 e. The first-order chi connectivity index (χ1) is 9.97. The molecule has 1 aromatic carbocycles. The molecule has 1 atom stereocenters. The summed E-state index contributed by atoms with van der Waals surface area (Å²) < 4.78 is 0. The third kappa shape index (κ3) is 3.71. The fourth-order valence-electron chi connectivity index (χ4n) is 2.26. The van der Waals surface area contributed by atoms with Gasteiger partial charge >= 0.3 is 5.97 Å². The van der Waals surface area contributed by atoms with Gasteiger partial charge in [-0.25, -0.2) is 4.79 Å². The second-order valence-electron chi connectivity index (χ2n) is 4.94. The summed E-state index contributed by atoms with van der Waals surface area (Å²) in [6.45, 7) is 0.901. The number of benzene rings is 1. The third-order valence-corrected chi connectivity index (χ3v) is 3.31. The first kappa shape index (κ1) is 14.8. The highest BCUT2D eigenvalue weighted by Gasteiger charge is 2.23. The van der Waals surface area contributed by atoms with Crippen LogP contribution in [0.5, 0.6) is 0 Å². The zero-order valence-corrected chi connectivity index (χ0v) is 11.4. The first-order valence-electron chi connectivity index (χ1n) is 6.66. The first-order valence-corrected chi connectivity index (χ1v) is 6.66. The molecule has 2 rings (SSSR count). The Kier molecular flexibility index (Phi) is 4.42. The number of primary amides is 1. The Labute approximate surface area is 121 Å². The average Bonchev–Trinajstić information content (AvgIpc) is 2.45. The quantitative estimate of drug-likeness (QED) is 0.613. The van der Waals surface area contributed by atoms with Gasteiger partial charge in [0.2, 0.25) is 5.91 Å². The zero-order chi connectivity index (χ0) is 15.4. The minimum Gasteiger partial charge on any atom is -0.480 e. The second-order valence-corrected chi connectivity index (χ2v) is 4.94. The number of nitrogens with one attached hydrogen (secondary N) is 2. The van der Waals surface area contributed by atoms with E-state index in [1.165, 1.54) is 0 Å². The molecule has 0 unspecified atom stereocenters. The van der Waals surface area contributed by atoms with Gasteiger partial charge in [0.05, 0.1) is 6.42 Å². The van der Waals surface area contributed by atoms with Crippen LogP contribution >= 0.6 is 0 Å². The Morgan fingerprint density at radius 2 is 2.14 bits per heavy atom. The molecule has 0 aromatic heterocycles. The van der Waals surface area contributed by atoms with Gasteiger partial charge in [0.25, 0.3) is 5.91 Å². The molecule has 0 fully saturated rings. The standard InChI is InChI=1S/C14H17N3O4/c15-12(18)7-11(14(20)21)17-13(19)9-3-4-10-8(6-9)2-1-5-16-10/h3-4,6,11,16H,1-2,5,7H2,(H2,15,18)(H,17,19)(H,20,21)/t11-/m0/s1. The Morgan fingerprint density at radius 3 is 2.81 bits per heavy atom. The highest BCUT2D eigenvalue weighted by Crippen LogP contribution is 2.22. The van der Waals surface area contributed by atoms with Crippen molar-refractivity contribution in [1.82, 2.24) is 5.32 Å². The van der Waals surface area contributed by atoms with Gasteiger partial charge in [-0.1, -0.05) is 0 Å². The van der Waals surface area contributed by atoms with Crippen molar-refractivity contribution in [3.8, 4) is 0 Å². The molecule has 1 heterocycles. The monoisotopic (exact) mass is 291 g/mol. The van der Waals surface area contributed by atoms with E-state index in [0.29, 0.717) is 5.56 Å². The number of carboxylic acids is 1. The number of hydrogen-bond acceptors (Lipinski definition) is 4. The highest BCUT2D eigenvalue weighted by atomic mass is 16.4. The summed E-state index contributed by atoms with van der Waals surface area (Å²) in [6.07, 6.45) is 1.41. The van der Waals surface area contributed by atoms with Crippen LogP contribution in [0.4, 0.5) is 5.69 Å². The predicted octanol–water partition coefficient (Wildman–Crippen LogP) is 0.103. The molecule has 112 valence electrons. The molecule has 7 heteroatoms. The molecule has 0 spiro atoms. The number of carbonyl (C=O) groups excluding carboxylic acids is 2. The number of carboxylic acid groups (broad SMARTS) is 1. The van der Waals surface area contributed by atoms with Crippen LogP contribution < -0.4 is 16.4 Å². The van der Waals surface area contributed by atoms with Gasteiger partial charge in [0.15, 0.2) is 0 Å². The van der Waals surface area contributed by atoms with Crippen molar-refractivity contribution in [2.45, 2.75) is 25.3 Å². The van der Waals surface area contributed by atoms with Crippen LogP contribution in [0.2, 0.25) is 0 Å². The van der Waals surface area contributed by atoms with Crippen molar-refractivity contribution in [1.29, 1.82) is 0 Å². The number of aryl methyl sites for hydroxylation is 1. The van der Waals surface area contributed by atoms with Gasteiger partial charge in [-0.2, -0.15) is 0 Å². The molecule has 1 aliphatic heterocycles. The summed E-state index contributed by atoms with van der Waals surface area (Å²) in [5.41, 5.74) is 7.36. The predicted molar refractivity (Wildman–Crippen MR) is 76.0 cm³/mol. The van der Waals surface area contributed by atoms with Gasteiger partial charge < -0.3 is 21.5 Å². The van der Waals surface area contributed by atoms with E-state index in [0.717, 1.165) is 30.6 Å². The van der Waals surface area contributed by atoms with E-state index in [-0.39, 0.29) is 0 Å². The van der Waals surface area contributed by atoms with E-state index in [1.54, 1.807) is 18.2 Å². The van der Waals surface area contributed by atoms with Crippen molar-refractivity contribution < 1.29 is 19.5 Å². The summed E-state index contributed by atoms with van der Waals surface area (Å²) in [7, 11) is 0. The molecule has 5 N–H and O–H groups in total. The number of nitrogens with two attached hydrogens (primary N) is 1. The Balaban J connectivity index is 2.12. The molecular weight excluding hydrogens is 274 g/mol. The Bertz CT molecular complexity index is 586. The van der Waals surface area contributed by atoms with Gasteiger partial charge in [-0.3, -0.25) is 9.59 Å². The van der Waals surface area contributed by atoms with Gasteiger partial charge in [0.1, 0.15) is 6.04 Å². The van der Waals surface area contributed by atoms with Gasteiger partial charge in [0, 0.05) is 17.8 Å². The molecule has 0 aliphatic carbocycles. The molecule has 0 bridgehead atoms. The molecular formula is C14H17N3O4. The van der Waals surface area contributed by atoms with E-state index >= 15 is 0 Å². The number of aliphatic carboxylic acids is 1. The van der Waals surface area contributed by atoms with E-state index < -0.39 is 30.2 Å². The minimum atomic E-state index is -1.32. The summed E-state index contributed by atoms with van der Waals surface area (Å²) in [4.78, 5) is 33.9. The van der Waals surface area contributed by atoms with Crippen molar-refractivity contribution in [2.24, 2.45) is 5.73 Å². The number of hydrogen-bond donors (Lipinski definition) is 4. The molecule has 0 radical (unpaired) electrons. The van der Waals surface area contributed by atoms with Crippen LogP contribution in [-0.4, -0.2) is 35.5 Å². The number of amides is 2. The SMILES string of the molecule is NC(=O)C[C@H](NC(=O)c1ccc2c(c1)CCCN2)C(=O)O. The van der Waals surface area contributed by atoms with E-state index in [4.69, 9.17) is 10.8 Å². The van der Waals surface area contributed by atoms with Crippen molar-refractivity contribution in [3.63, 3.8) is 0 Å². The van der Waals surface area contributed by atoms with Crippen LogP contribution in [0, 0.1) is 0 Å². The lowest BCUT2D eigenvalue weighted by Crippen LogP contribution is -2.43. The lowest BCUT2D eigenvalue weighted by Gasteiger charge is -2.19. The van der Waals surface area contributed by atoms with E-state index in [9.17, 15) is 14.4 Å². The van der Waals surface area contributed by atoms with Crippen LogP contribution in [-0.2, 0) is 16.0 Å². The molecule has 1 aromatic rings. The maximum absolute atomic E-state index is 12.1. The van der Waals surface area contributed by atoms with Crippen molar-refractivity contribution in [3.05, 3.63) is 29.3 Å². The van der Waals surface area contributed by atoms with Gasteiger partial charge in [-0.05, 0) is 36.6 Å². The molecule has 7 nitrogen and oxygen atoms in total. The maximum atomic E-state index is 12.1. The number of carbonyl (C=O) groups is 3. The fraction of sp³-hybridized carbons (Fsp3) is 0.357. The molecule has 0 saturated carbocycles. The normalized spacial score (nSPS) is 14.5. The van der Waals surface area contributed by atoms with Crippen molar-refractivity contribution in [2.75, 3.05) is 11.9 Å². The summed E-state index contributed by atoms with van der Waals surface area (Å²) in [5, 5.41) is 14.5. The lowest BCUT2D eigenvalue weighted by molar-refractivity contribution is -0.140. The second kappa shape index (κ2) is 6.25. The summed E-state index contributed by atoms with van der Waals surface area (Å²) in [6, 6.07) is 3.84. The average molecular weight is 291 g/mol. The Hall–Kier alpha value is -2.57. The van der Waals surface area contributed by atoms with Crippen LogP contribution in [0.15, 0.2) is 18.2 Å². The topological polar surface area (TPSA) is 122 Å². The zero-order valence-electron chi connectivity index (χ0n) is 11.4. The van der Waals surface area contributed by atoms with E-state index in [1.807, 2.05) is 0 Å². The fourth-order valence-corrected chi connectivity index (χ4v) is 2.26. The summed E-state index contributed by atoms with van der Waals surface area (Å²) in [5.74, 6) is -2.60. The van der Waals surface area contributed by atoms with Crippen LogP contribution in [0.1, 0.15) is 28.8 Å². The molecule has 1 aliphatic rings. The van der Waals surface area contributed by atoms with E-state index in [2.05, 4.69) is 10.6 Å². The van der Waals surface area contributed by atoms with Crippen LogP contribution in [0.3, 0.4) is 0 Å². The minimum absolute atomic E-state index is 0.369. The van der Waals surface area contributed by atoms with Crippen molar-refractivity contribution >= 4 is 23.5 Å². The third-order valence-electron chi connectivity index (χ3n) is 3.31. The molecule has 0 saturated heterocycles. The smallest absolute Gasteiger partial charge is 0.326 e. The highest BCUT2D eigenvalue weighted by molar-refractivity contribution is 5.98. The van der Waals surface area contributed by atoms with Gasteiger partial charge in [-0.15, -0.1) is 0 Å². The molecule has 2 amide bonds. The maximum Gasteiger partial charge on any atom is 0.326 e. The lowest BCUT2D eigenvalue weighted by atomic mass is 10.0. The van der Waals surface area contributed by atoms with Crippen LogP contribution in [0.25, 0.3) is 0 Å². The molecule has 21 heavy (non-hydrogen) atoms. The Morgan fingerprint density at radius 1 is 1.38 bits per heavy atom. The number of anilines is 1. The summed E-state index contributed by atoms with van der Waals surface area (Å²) >= 11 is 0.